The van der Waals surface area contributed by atoms with Crippen molar-refractivity contribution in [3.05, 3.63) is 61.2 Å². The number of nitrogens with zero attached hydrogens (tertiary/aromatic N) is 7. The van der Waals surface area contributed by atoms with Gasteiger partial charge in [-0.1, -0.05) is 12.1 Å². The van der Waals surface area contributed by atoms with E-state index >= 15 is 0 Å². The van der Waals surface area contributed by atoms with Crippen LogP contribution in [0.25, 0.3) is 39.8 Å². The predicted octanol–water partition coefficient (Wildman–Crippen LogP) is 3.09. The molecule has 1 aromatic carbocycles. The Morgan fingerprint density at radius 2 is 1.93 bits per heavy atom. The van der Waals surface area contributed by atoms with Gasteiger partial charge >= 0.3 is 0 Å². The van der Waals surface area contributed by atoms with Crippen molar-refractivity contribution in [2.75, 3.05) is 0 Å². The molecule has 1 N–H and O–H groups in total. The van der Waals surface area contributed by atoms with E-state index < -0.39 is 0 Å². The molecule has 0 aliphatic rings. The molecule has 0 aliphatic carbocycles. The summed E-state index contributed by atoms with van der Waals surface area (Å²) in [5.41, 5.74) is 3.54. The van der Waals surface area contributed by atoms with E-state index in [1.807, 2.05) is 54.2 Å². The topological polar surface area (TPSA) is 90.1 Å². The fraction of sp³-hybridized carbons (Fsp3) is 0.105. The van der Waals surface area contributed by atoms with Crippen molar-refractivity contribution in [3.63, 3.8) is 0 Å². The number of aromatic nitrogens is 8. The zero-order valence-electron chi connectivity index (χ0n) is 14.6. The average molecular weight is 356 g/mol. The third-order valence-electron chi connectivity index (χ3n) is 4.32. The lowest BCUT2D eigenvalue weighted by atomic mass is 10.3. The molecule has 8 heteroatoms. The van der Waals surface area contributed by atoms with E-state index in [2.05, 4.69) is 20.1 Å². The van der Waals surface area contributed by atoms with Gasteiger partial charge in [-0.3, -0.25) is 9.67 Å². The van der Waals surface area contributed by atoms with Gasteiger partial charge in [0.05, 0.1) is 22.8 Å². The first-order chi connectivity index (χ1) is 13.3. The van der Waals surface area contributed by atoms with Crippen LogP contribution in [-0.2, 0) is 6.54 Å². The summed E-state index contributed by atoms with van der Waals surface area (Å²) < 4.78 is 3.58. The number of hydrogen-bond acceptors (Lipinski definition) is 5. The smallest absolute Gasteiger partial charge is 0.231 e. The molecule has 0 fully saturated rings. The Bertz CT molecular complexity index is 1180. The second-order valence-electron chi connectivity index (χ2n) is 6.07. The van der Waals surface area contributed by atoms with Crippen LogP contribution in [0.15, 0.2) is 61.2 Å². The minimum atomic E-state index is 0.586. The van der Waals surface area contributed by atoms with Crippen molar-refractivity contribution >= 4 is 11.0 Å². The third kappa shape index (κ3) is 2.67. The number of nitrogens with one attached hydrogen (secondary N) is 1. The van der Waals surface area contributed by atoms with Gasteiger partial charge in [0.2, 0.25) is 5.95 Å². The molecule has 4 aromatic heterocycles. The second-order valence-corrected chi connectivity index (χ2v) is 6.07. The van der Waals surface area contributed by atoms with Gasteiger partial charge in [-0.05, 0) is 31.2 Å². The number of aryl methyl sites for hydroxylation is 1. The van der Waals surface area contributed by atoms with Gasteiger partial charge in [-0.15, -0.1) is 5.10 Å². The maximum Gasteiger partial charge on any atom is 0.231 e. The minimum absolute atomic E-state index is 0.586. The first-order valence-electron chi connectivity index (χ1n) is 8.67. The van der Waals surface area contributed by atoms with Crippen molar-refractivity contribution in [1.29, 1.82) is 0 Å². The molecule has 5 aromatic rings. The highest BCUT2D eigenvalue weighted by Crippen LogP contribution is 2.25. The summed E-state index contributed by atoms with van der Waals surface area (Å²) in [7, 11) is 0. The maximum absolute atomic E-state index is 4.74. The maximum atomic E-state index is 4.74. The number of rotatable bonds is 4. The van der Waals surface area contributed by atoms with E-state index in [0.29, 0.717) is 17.6 Å². The highest BCUT2D eigenvalue weighted by molar-refractivity contribution is 5.76. The van der Waals surface area contributed by atoms with Crippen LogP contribution in [0.4, 0.5) is 0 Å². The molecule has 0 atom stereocenters. The SMILES string of the molecule is CCn1cc(-c2nc(-c3cccnc3)nn2-c2nc3ccccc3[nH]2)cn1. The van der Waals surface area contributed by atoms with Crippen molar-refractivity contribution in [2.24, 2.45) is 0 Å². The molecule has 132 valence electrons. The molecule has 0 radical (unpaired) electrons. The monoisotopic (exact) mass is 356 g/mol. The molecule has 5 rings (SSSR count). The first kappa shape index (κ1) is 15.4. The van der Waals surface area contributed by atoms with Crippen LogP contribution in [0.2, 0.25) is 0 Å². The van der Waals surface area contributed by atoms with Crippen LogP contribution in [0.5, 0.6) is 0 Å². The van der Waals surface area contributed by atoms with E-state index in [1.54, 1.807) is 23.3 Å². The summed E-state index contributed by atoms with van der Waals surface area (Å²) in [5, 5.41) is 9.06. The standard InChI is InChI=1S/C19H16N8/c1-2-26-12-14(11-21-26)18-24-17(13-6-5-9-20-10-13)25-27(18)19-22-15-7-3-4-8-16(15)23-19/h3-12H,2H2,1H3,(H,22,23). The largest absolute Gasteiger partial charge is 0.322 e. The van der Waals surface area contributed by atoms with Crippen LogP contribution < -0.4 is 0 Å². The van der Waals surface area contributed by atoms with Crippen LogP contribution in [0, 0.1) is 0 Å². The molecule has 0 saturated carbocycles. The van der Waals surface area contributed by atoms with E-state index in [0.717, 1.165) is 28.7 Å². The zero-order chi connectivity index (χ0) is 18.2. The average Bonchev–Trinajstić information content (AvgIpc) is 3.44. The number of H-pyrrole nitrogens is 1. The van der Waals surface area contributed by atoms with Gasteiger partial charge in [-0.2, -0.15) is 9.78 Å². The molecule has 0 saturated heterocycles. The summed E-state index contributed by atoms with van der Waals surface area (Å²) >= 11 is 0. The zero-order valence-corrected chi connectivity index (χ0v) is 14.6. The first-order valence-corrected chi connectivity index (χ1v) is 8.67. The lowest BCUT2D eigenvalue weighted by Gasteiger charge is -1.99. The number of para-hydroxylation sites is 2. The minimum Gasteiger partial charge on any atom is -0.322 e. The lowest BCUT2D eigenvalue weighted by molar-refractivity contribution is 0.660. The van der Waals surface area contributed by atoms with E-state index in [9.17, 15) is 0 Å². The van der Waals surface area contributed by atoms with Gasteiger partial charge in [0.1, 0.15) is 0 Å². The molecular formula is C19H16N8. The quantitative estimate of drug-likeness (QED) is 0.534. The van der Waals surface area contributed by atoms with Crippen molar-refractivity contribution in [1.82, 2.24) is 39.5 Å². The molecule has 0 bridgehead atoms. The summed E-state index contributed by atoms with van der Waals surface area (Å²) in [5.74, 6) is 1.87. The normalized spacial score (nSPS) is 11.3. The van der Waals surface area contributed by atoms with Gasteiger partial charge in [0, 0.05) is 30.7 Å². The number of imidazole rings is 1. The number of aromatic amines is 1. The Morgan fingerprint density at radius 1 is 1.00 bits per heavy atom. The van der Waals surface area contributed by atoms with Crippen molar-refractivity contribution in [3.8, 4) is 28.7 Å². The van der Waals surface area contributed by atoms with E-state index in [-0.39, 0.29) is 0 Å². The van der Waals surface area contributed by atoms with Gasteiger partial charge < -0.3 is 4.98 Å². The van der Waals surface area contributed by atoms with Crippen LogP contribution in [0.1, 0.15) is 6.92 Å². The molecule has 0 aliphatic heterocycles. The summed E-state index contributed by atoms with van der Waals surface area (Å²) in [6.45, 7) is 2.83. The van der Waals surface area contributed by atoms with Crippen LogP contribution >= 0.6 is 0 Å². The van der Waals surface area contributed by atoms with Crippen LogP contribution in [0.3, 0.4) is 0 Å². The Morgan fingerprint density at radius 3 is 2.70 bits per heavy atom. The Balaban J connectivity index is 1.71. The Labute approximate surface area is 154 Å². The molecule has 27 heavy (non-hydrogen) atoms. The molecule has 0 spiro atoms. The van der Waals surface area contributed by atoms with Gasteiger partial charge in [0.25, 0.3) is 0 Å². The fourth-order valence-electron chi connectivity index (χ4n) is 2.96. The number of benzene rings is 1. The number of hydrogen-bond donors (Lipinski definition) is 1. The summed E-state index contributed by atoms with van der Waals surface area (Å²) in [6.07, 6.45) is 7.22. The van der Waals surface area contributed by atoms with Crippen LogP contribution in [-0.4, -0.2) is 39.5 Å². The van der Waals surface area contributed by atoms with E-state index in [4.69, 9.17) is 10.1 Å². The van der Waals surface area contributed by atoms with Gasteiger partial charge in [-0.25, -0.2) is 9.97 Å². The highest BCUT2D eigenvalue weighted by Gasteiger charge is 2.18. The molecule has 0 unspecified atom stereocenters. The third-order valence-corrected chi connectivity index (χ3v) is 4.32. The number of fused-ring (bicyclic) bond motifs is 1. The molecular weight excluding hydrogens is 340 g/mol. The van der Waals surface area contributed by atoms with Gasteiger partial charge in [0.15, 0.2) is 11.6 Å². The predicted molar refractivity (Wildman–Crippen MR) is 101 cm³/mol. The van der Waals surface area contributed by atoms with Crippen molar-refractivity contribution in [2.45, 2.75) is 13.5 Å². The number of pyridine rings is 1. The summed E-state index contributed by atoms with van der Waals surface area (Å²) in [4.78, 5) is 16.9. The fourth-order valence-corrected chi connectivity index (χ4v) is 2.96. The Hall–Kier alpha value is -3.81. The molecule has 8 nitrogen and oxygen atoms in total. The highest BCUT2D eigenvalue weighted by atomic mass is 15.4. The molecule has 4 heterocycles. The Kier molecular flexibility index (Phi) is 3.53. The molecule has 0 amide bonds. The van der Waals surface area contributed by atoms with Crippen molar-refractivity contribution < 1.29 is 0 Å². The second kappa shape index (κ2) is 6.17. The summed E-state index contributed by atoms with van der Waals surface area (Å²) in [6, 6.07) is 11.7. The lowest BCUT2D eigenvalue weighted by Crippen LogP contribution is -2.01. The van der Waals surface area contributed by atoms with E-state index in [1.165, 1.54) is 0 Å².